The molecule has 0 aliphatic carbocycles. The summed E-state index contributed by atoms with van der Waals surface area (Å²) in [4.78, 5) is 19.8. The van der Waals surface area contributed by atoms with Crippen LogP contribution in [0.4, 0.5) is 13.2 Å². The standard InChI is InChI=1S/C27H36F3N5O3S/c1-31-11-13-32(14-12-31)18-22-8-9-23-19-33(15-16-34(22)23)20-26(36)25-7-2-3-10-35(25)39(37,38)24-6-4-5-21(17-24)27(28,29)30/h4-6,8-9,17,25H,2-3,7,10-16,18-20H2,1H3. The SMILES string of the molecule is CN1CCN(Cc2ccc3n2CCN(CC(=O)C2CCCCN2S(=O)(=O)c2cccc(C(F)(F)F)c2)C3)CC1. The van der Waals surface area contributed by atoms with Crippen LogP contribution in [0, 0.1) is 0 Å². The minimum atomic E-state index is -4.65. The fraction of sp³-hybridized carbons (Fsp3) is 0.593. The van der Waals surface area contributed by atoms with Gasteiger partial charge in [0.2, 0.25) is 10.0 Å². The van der Waals surface area contributed by atoms with Gasteiger partial charge in [0.05, 0.1) is 23.0 Å². The highest BCUT2D eigenvalue weighted by molar-refractivity contribution is 7.89. The Labute approximate surface area is 228 Å². The molecule has 1 aromatic carbocycles. The van der Waals surface area contributed by atoms with E-state index in [-0.39, 0.29) is 18.9 Å². The molecule has 2 saturated heterocycles. The molecule has 0 saturated carbocycles. The average Bonchev–Trinajstić information content (AvgIpc) is 3.31. The monoisotopic (exact) mass is 567 g/mol. The quantitative estimate of drug-likeness (QED) is 0.513. The third-order valence-electron chi connectivity index (χ3n) is 8.14. The second-order valence-electron chi connectivity index (χ2n) is 10.9. The van der Waals surface area contributed by atoms with Crippen molar-refractivity contribution in [3.63, 3.8) is 0 Å². The molecule has 0 spiro atoms. The Bertz CT molecular complexity index is 1290. The smallest absolute Gasteiger partial charge is 0.345 e. The Morgan fingerprint density at radius 1 is 0.949 bits per heavy atom. The van der Waals surface area contributed by atoms with Crippen LogP contribution >= 0.6 is 0 Å². The third kappa shape index (κ3) is 6.25. The van der Waals surface area contributed by atoms with Gasteiger partial charge < -0.3 is 9.47 Å². The van der Waals surface area contributed by atoms with Crippen LogP contribution in [0.25, 0.3) is 0 Å². The number of halogens is 3. The van der Waals surface area contributed by atoms with Crippen LogP contribution in [0.5, 0.6) is 0 Å². The molecule has 12 heteroatoms. The summed E-state index contributed by atoms with van der Waals surface area (Å²) in [6.45, 7) is 7.37. The van der Waals surface area contributed by atoms with Crippen LogP contribution in [-0.4, -0.2) is 96.7 Å². The number of fused-ring (bicyclic) bond motifs is 1. The topological polar surface area (TPSA) is 69.1 Å². The second-order valence-corrected chi connectivity index (χ2v) is 12.8. The van der Waals surface area contributed by atoms with Crippen molar-refractivity contribution in [1.82, 2.24) is 23.6 Å². The summed E-state index contributed by atoms with van der Waals surface area (Å²) >= 11 is 0. The minimum Gasteiger partial charge on any atom is -0.345 e. The molecule has 3 aliphatic rings. The van der Waals surface area contributed by atoms with Crippen molar-refractivity contribution in [2.45, 2.75) is 56.0 Å². The zero-order valence-corrected chi connectivity index (χ0v) is 23.1. The molecule has 39 heavy (non-hydrogen) atoms. The minimum absolute atomic E-state index is 0.109. The van der Waals surface area contributed by atoms with Gasteiger partial charge in [0.25, 0.3) is 0 Å². The Kier molecular flexibility index (Phi) is 8.21. The van der Waals surface area contributed by atoms with E-state index in [1.807, 2.05) is 4.90 Å². The molecule has 0 bridgehead atoms. The highest BCUT2D eigenvalue weighted by Gasteiger charge is 2.39. The molecular weight excluding hydrogens is 531 g/mol. The summed E-state index contributed by atoms with van der Waals surface area (Å²) in [5.41, 5.74) is 1.38. The van der Waals surface area contributed by atoms with Crippen molar-refractivity contribution in [1.29, 1.82) is 0 Å². The lowest BCUT2D eigenvalue weighted by atomic mass is 10.0. The number of alkyl halides is 3. The Morgan fingerprint density at radius 3 is 2.44 bits per heavy atom. The number of piperazine rings is 1. The first-order valence-corrected chi connectivity index (χ1v) is 15.0. The maximum atomic E-state index is 13.4. The number of hydrogen-bond donors (Lipinski definition) is 0. The number of carbonyl (C=O) groups is 1. The van der Waals surface area contributed by atoms with Gasteiger partial charge in [-0.2, -0.15) is 17.5 Å². The molecule has 214 valence electrons. The average molecular weight is 568 g/mol. The number of benzene rings is 1. The maximum Gasteiger partial charge on any atom is 0.416 e. The van der Waals surface area contributed by atoms with Crippen molar-refractivity contribution in [3.8, 4) is 0 Å². The predicted molar refractivity (Wildman–Crippen MR) is 140 cm³/mol. The van der Waals surface area contributed by atoms with E-state index in [9.17, 15) is 26.4 Å². The zero-order valence-electron chi connectivity index (χ0n) is 22.2. The van der Waals surface area contributed by atoms with Crippen molar-refractivity contribution in [3.05, 3.63) is 53.3 Å². The van der Waals surface area contributed by atoms with Crippen LogP contribution in [0.1, 0.15) is 36.2 Å². The Hall–Kier alpha value is -2.25. The summed E-state index contributed by atoms with van der Waals surface area (Å²) < 4.78 is 69.9. The summed E-state index contributed by atoms with van der Waals surface area (Å²) in [6, 6.07) is 7.15. The predicted octanol–water partition coefficient (Wildman–Crippen LogP) is 2.88. The number of carbonyl (C=O) groups excluding carboxylic acids is 1. The second kappa shape index (κ2) is 11.3. The summed E-state index contributed by atoms with van der Waals surface area (Å²) in [6.07, 6.45) is -3.02. The lowest BCUT2D eigenvalue weighted by Gasteiger charge is -2.36. The van der Waals surface area contributed by atoms with Gasteiger partial charge in [-0.15, -0.1) is 0 Å². The van der Waals surface area contributed by atoms with Gasteiger partial charge in [-0.25, -0.2) is 8.42 Å². The normalized spacial score (nSPS) is 22.6. The van der Waals surface area contributed by atoms with Crippen molar-refractivity contribution < 1.29 is 26.4 Å². The number of likely N-dealkylation sites (N-methyl/N-ethyl adjacent to an activating group) is 1. The van der Waals surface area contributed by atoms with E-state index in [0.29, 0.717) is 38.4 Å². The van der Waals surface area contributed by atoms with Gasteiger partial charge in [-0.05, 0) is 50.2 Å². The molecule has 1 atom stereocenters. The molecule has 0 N–H and O–H groups in total. The number of hydrogen-bond acceptors (Lipinski definition) is 6. The molecule has 1 aromatic heterocycles. The fourth-order valence-corrected chi connectivity index (χ4v) is 7.57. The molecular formula is C27H36F3N5O3S. The summed E-state index contributed by atoms with van der Waals surface area (Å²) in [5, 5.41) is 0. The first kappa shape index (κ1) is 28.3. The van der Waals surface area contributed by atoms with Crippen LogP contribution in [-0.2, 0) is 40.6 Å². The Balaban J connectivity index is 1.25. The lowest BCUT2D eigenvalue weighted by molar-refractivity contribution is -0.137. The van der Waals surface area contributed by atoms with E-state index in [1.165, 1.54) is 11.8 Å². The number of ketones is 1. The van der Waals surface area contributed by atoms with Crippen LogP contribution in [0.2, 0.25) is 0 Å². The highest BCUT2D eigenvalue weighted by atomic mass is 32.2. The number of aromatic nitrogens is 1. The molecule has 0 amide bonds. The van der Waals surface area contributed by atoms with Crippen LogP contribution < -0.4 is 0 Å². The number of nitrogens with zero attached hydrogens (tertiary/aromatic N) is 5. The molecule has 4 heterocycles. The maximum absolute atomic E-state index is 13.4. The van der Waals surface area contributed by atoms with Crippen molar-refractivity contribution in [2.24, 2.45) is 0 Å². The highest BCUT2D eigenvalue weighted by Crippen LogP contribution is 2.33. The lowest BCUT2D eigenvalue weighted by Crippen LogP contribution is -2.51. The van der Waals surface area contributed by atoms with Gasteiger partial charge in [0.15, 0.2) is 5.78 Å². The van der Waals surface area contributed by atoms with Gasteiger partial charge in [-0.1, -0.05) is 12.5 Å². The first-order valence-electron chi connectivity index (χ1n) is 13.5. The molecule has 1 unspecified atom stereocenters. The summed E-state index contributed by atoms with van der Waals surface area (Å²) in [5.74, 6) is -0.206. The fourth-order valence-electron chi connectivity index (χ4n) is 5.85. The number of Topliss-reactive ketones (excluding diaryl/α,β-unsaturated/α-hetero) is 1. The number of piperidine rings is 1. The molecule has 2 fully saturated rings. The number of sulfonamides is 1. The first-order chi connectivity index (χ1) is 18.5. The largest absolute Gasteiger partial charge is 0.416 e. The van der Waals surface area contributed by atoms with E-state index in [4.69, 9.17) is 0 Å². The number of rotatable bonds is 7. The van der Waals surface area contributed by atoms with Gasteiger partial charge >= 0.3 is 6.18 Å². The van der Waals surface area contributed by atoms with E-state index >= 15 is 0 Å². The van der Waals surface area contributed by atoms with E-state index in [2.05, 4.69) is 33.5 Å². The molecule has 8 nitrogen and oxygen atoms in total. The van der Waals surface area contributed by atoms with Crippen LogP contribution in [0.3, 0.4) is 0 Å². The Morgan fingerprint density at radius 2 is 1.69 bits per heavy atom. The van der Waals surface area contributed by atoms with E-state index in [1.54, 1.807) is 0 Å². The third-order valence-corrected chi connectivity index (χ3v) is 10.0. The van der Waals surface area contributed by atoms with Gasteiger partial charge in [0.1, 0.15) is 0 Å². The van der Waals surface area contributed by atoms with Crippen LogP contribution in [0.15, 0.2) is 41.3 Å². The van der Waals surface area contributed by atoms with E-state index in [0.717, 1.165) is 61.4 Å². The molecule has 2 aromatic rings. The molecule has 0 radical (unpaired) electrons. The molecule has 5 rings (SSSR count). The van der Waals surface area contributed by atoms with Gasteiger partial charge in [0, 0.05) is 70.3 Å². The van der Waals surface area contributed by atoms with Crippen molar-refractivity contribution >= 4 is 15.8 Å². The van der Waals surface area contributed by atoms with Crippen molar-refractivity contribution in [2.75, 3.05) is 52.9 Å². The van der Waals surface area contributed by atoms with E-state index < -0.39 is 32.7 Å². The molecule has 3 aliphatic heterocycles. The summed E-state index contributed by atoms with van der Waals surface area (Å²) in [7, 11) is -2.12. The zero-order chi connectivity index (χ0) is 27.8. The van der Waals surface area contributed by atoms with Gasteiger partial charge in [-0.3, -0.25) is 14.6 Å².